The first-order valence-electron chi connectivity index (χ1n) is 5.56. The van der Waals surface area contributed by atoms with Crippen LogP contribution in [0.1, 0.15) is 24.0 Å². The SMILES string of the molecule is FC(F)(F)c1ccc(Cl)c(CC2CCCN2)c1. The van der Waals surface area contributed by atoms with Gasteiger partial charge in [-0.25, -0.2) is 0 Å². The summed E-state index contributed by atoms with van der Waals surface area (Å²) in [6.07, 6.45) is -1.68. The Morgan fingerprint density at radius 3 is 2.71 bits per heavy atom. The standard InChI is InChI=1S/C12H13ClF3N/c13-11-4-3-9(12(14,15)16)6-8(11)7-10-2-1-5-17-10/h3-4,6,10,17H,1-2,5,7H2. The van der Waals surface area contributed by atoms with E-state index in [1.165, 1.54) is 6.07 Å². The van der Waals surface area contributed by atoms with E-state index in [1.54, 1.807) is 0 Å². The topological polar surface area (TPSA) is 12.0 Å². The van der Waals surface area contributed by atoms with Crippen LogP contribution in [0.3, 0.4) is 0 Å². The normalized spacial score (nSPS) is 20.8. The second-order valence-corrected chi connectivity index (χ2v) is 4.71. The van der Waals surface area contributed by atoms with Crippen LogP contribution in [0, 0.1) is 0 Å². The van der Waals surface area contributed by atoms with Crippen LogP contribution < -0.4 is 5.32 Å². The van der Waals surface area contributed by atoms with Crippen molar-refractivity contribution in [2.45, 2.75) is 31.5 Å². The van der Waals surface area contributed by atoms with Gasteiger partial charge in [0.05, 0.1) is 5.56 Å². The molecule has 2 rings (SSSR count). The third kappa shape index (κ3) is 3.13. The number of benzene rings is 1. The largest absolute Gasteiger partial charge is 0.416 e. The Labute approximate surface area is 103 Å². The maximum Gasteiger partial charge on any atom is 0.416 e. The molecule has 0 aromatic heterocycles. The van der Waals surface area contributed by atoms with Crippen LogP contribution in [-0.2, 0) is 12.6 Å². The summed E-state index contributed by atoms with van der Waals surface area (Å²) in [5, 5.41) is 3.66. The predicted octanol–water partition coefficient (Wildman–Crippen LogP) is 3.65. The molecule has 1 aliphatic heterocycles. The maximum atomic E-state index is 12.6. The summed E-state index contributed by atoms with van der Waals surface area (Å²) in [4.78, 5) is 0. The zero-order chi connectivity index (χ0) is 12.5. The fourth-order valence-corrected chi connectivity index (χ4v) is 2.30. The van der Waals surface area contributed by atoms with Crippen molar-refractivity contribution in [3.63, 3.8) is 0 Å². The molecule has 1 fully saturated rings. The maximum absolute atomic E-state index is 12.6. The molecule has 0 bridgehead atoms. The summed E-state index contributed by atoms with van der Waals surface area (Å²) < 4.78 is 37.7. The summed E-state index contributed by atoms with van der Waals surface area (Å²) in [5.74, 6) is 0. The minimum Gasteiger partial charge on any atom is -0.314 e. The van der Waals surface area contributed by atoms with Gasteiger partial charge in [0.15, 0.2) is 0 Å². The van der Waals surface area contributed by atoms with Gasteiger partial charge in [-0.3, -0.25) is 0 Å². The number of hydrogen-bond donors (Lipinski definition) is 1. The van der Waals surface area contributed by atoms with Crippen molar-refractivity contribution in [1.29, 1.82) is 0 Å². The van der Waals surface area contributed by atoms with Crippen molar-refractivity contribution in [2.75, 3.05) is 6.54 Å². The monoisotopic (exact) mass is 263 g/mol. The van der Waals surface area contributed by atoms with Gasteiger partial charge in [0.25, 0.3) is 0 Å². The van der Waals surface area contributed by atoms with Gasteiger partial charge in [0.1, 0.15) is 0 Å². The highest BCUT2D eigenvalue weighted by molar-refractivity contribution is 6.31. The Hall–Kier alpha value is -0.740. The molecule has 0 aliphatic carbocycles. The molecule has 0 amide bonds. The zero-order valence-electron chi connectivity index (χ0n) is 9.15. The lowest BCUT2D eigenvalue weighted by Gasteiger charge is -2.14. The predicted molar refractivity (Wildman–Crippen MR) is 61.2 cm³/mol. The highest BCUT2D eigenvalue weighted by atomic mass is 35.5. The molecule has 94 valence electrons. The second-order valence-electron chi connectivity index (χ2n) is 4.30. The van der Waals surface area contributed by atoms with Gasteiger partial charge in [0.2, 0.25) is 0 Å². The second kappa shape index (κ2) is 4.86. The molecule has 0 saturated carbocycles. The molecule has 1 atom stereocenters. The smallest absolute Gasteiger partial charge is 0.314 e. The molecule has 1 aromatic rings. The van der Waals surface area contributed by atoms with Gasteiger partial charge in [-0.05, 0) is 49.6 Å². The van der Waals surface area contributed by atoms with E-state index in [9.17, 15) is 13.2 Å². The number of halogens is 4. The van der Waals surface area contributed by atoms with Gasteiger partial charge in [-0.2, -0.15) is 13.2 Å². The number of nitrogens with one attached hydrogen (secondary N) is 1. The summed E-state index contributed by atoms with van der Waals surface area (Å²) in [5.41, 5.74) is -0.0595. The first kappa shape index (κ1) is 12.7. The average Bonchev–Trinajstić information content (AvgIpc) is 2.72. The summed E-state index contributed by atoms with van der Waals surface area (Å²) in [6.45, 7) is 0.932. The zero-order valence-corrected chi connectivity index (χ0v) is 9.91. The first-order chi connectivity index (χ1) is 7.97. The molecule has 1 N–H and O–H groups in total. The lowest BCUT2D eigenvalue weighted by Crippen LogP contribution is -2.24. The summed E-state index contributed by atoms with van der Waals surface area (Å²) >= 11 is 5.93. The van der Waals surface area contributed by atoms with E-state index in [0.29, 0.717) is 17.0 Å². The van der Waals surface area contributed by atoms with Crippen molar-refractivity contribution in [2.24, 2.45) is 0 Å². The highest BCUT2D eigenvalue weighted by Gasteiger charge is 2.31. The minimum atomic E-state index is -4.30. The van der Waals surface area contributed by atoms with Gasteiger partial charge in [-0.1, -0.05) is 11.6 Å². The van der Waals surface area contributed by atoms with Crippen LogP contribution >= 0.6 is 11.6 Å². The van der Waals surface area contributed by atoms with Crippen LogP contribution in [0.15, 0.2) is 18.2 Å². The Balaban J connectivity index is 2.20. The van der Waals surface area contributed by atoms with Crippen LogP contribution in [0.4, 0.5) is 13.2 Å². The van der Waals surface area contributed by atoms with Crippen LogP contribution in [0.5, 0.6) is 0 Å². The number of rotatable bonds is 2. The third-order valence-electron chi connectivity index (χ3n) is 3.00. The third-order valence-corrected chi connectivity index (χ3v) is 3.37. The van der Waals surface area contributed by atoms with Gasteiger partial charge >= 0.3 is 6.18 Å². The molecule has 0 radical (unpaired) electrons. The van der Waals surface area contributed by atoms with E-state index in [2.05, 4.69) is 5.32 Å². The summed E-state index contributed by atoms with van der Waals surface area (Å²) in [7, 11) is 0. The molecule has 17 heavy (non-hydrogen) atoms. The lowest BCUT2D eigenvalue weighted by atomic mass is 10.0. The van der Waals surface area contributed by atoms with Gasteiger partial charge < -0.3 is 5.32 Å². The van der Waals surface area contributed by atoms with Crippen molar-refractivity contribution in [3.8, 4) is 0 Å². The molecule has 1 saturated heterocycles. The Morgan fingerprint density at radius 1 is 1.35 bits per heavy atom. The highest BCUT2D eigenvalue weighted by Crippen LogP contribution is 2.32. The van der Waals surface area contributed by atoms with Crippen LogP contribution in [0.2, 0.25) is 5.02 Å². The van der Waals surface area contributed by atoms with Crippen molar-refractivity contribution in [1.82, 2.24) is 5.32 Å². The summed E-state index contributed by atoms with van der Waals surface area (Å²) in [6, 6.07) is 3.75. The molecule has 1 nitrogen and oxygen atoms in total. The van der Waals surface area contributed by atoms with Crippen molar-refractivity contribution in [3.05, 3.63) is 34.3 Å². The van der Waals surface area contributed by atoms with Crippen LogP contribution in [0.25, 0.3) is 0 Å². The Bertz CT molecular complexity index is 397. The fraction of sp³-hybridized carbons (Fsp3) is 0.500. The van der Waals surface area contributed by atoms with E-state index >= 15 is 0 Å². The minimum absolute atomic E-state index is 0.246. The van der Waals surface area contributed by atoms with E-state index in [1.807, 2.05) is 0 Å². The Kier molecular flexibility index (Phi) is 3.64. The average molecular weight is 264 g/mol. The van der Waals surface area contributed by atoms with Crippen molar-refractivity contribution >= 4 is 11.6 Å². The molecule has 0 spiro atoms. The molecule has 1 heterocycles. The first-order valence-corrected chi connectivity index (χ1v) is 5.93. The molecular formula is C12H13ClF3N. The van der Waals surface area contributed by atoms with Crippen molar-refractivity contribution < 1.29 is 13.2 Å². The molecule has 1 aliphatic rings. The van der Waals surface area contributed by atoms with E-state index in [-0.39, 0.29) is 6.04 Å². The molecular weight excluding hydrogens is 251 g/mol. The van der Waals surface area contributed by atoms with Crippen LogP contribution in [-0.4, -0.2) is 12.6 Å². The number of alkyl halides is 3. The molecule has 5 heteroatoms. The van der Waals surface area contributed by atoms with E-state index < -0.39 is 11.7 Å². The molecule has 1 unspecified atom stereocenters. The molecule has 1 aromatic carbocycles. The fourth-order valence-electron chi connectivity index (χ4n) is 2.10. The van der Waals surface area contributed by atoms with E-state index in [4.69, 9.17) is 11.6 Å². The van der Waals surface area contributed by atoms with E-state index in [0.717, 1.165) is 31.5 Å². The number of hydrogen-bond acceptors (Lipinski definition) is 1. The quantitative estimate of drug-likeness (QED) is 0.859. The lowest BCUT2D eigenvalue weighted by molar-refractivity contribution is -0.137. The Morgan fingerprint density at radius 2 is 2.12 bits per heavy atom. The van der Waals surface area contributed by atoms with Gasteiger partial charge in [0, 0.05) is 11.1 Å². The van der Waals surface area contributed by atoms with Gasteiger partial charge in [-0.15, -0.1) is 0 Å².